The molecule has 142 valence electrons. The van der Waals surface area contributed by atoms with E-state index >= 15 is 0 Å². The molecule has 0 aliphatic rings. The van der Waals surface area contributed by atoms with Crippen LogP contribution in [0.3, 0.4) is 0 Å². The van der Waals surface area contributed by atoms with Gasteiger partial charge in [0.05, 0.1) is 36.2 Å². The first-order valence-electron chi connectivity index (χ1n) is 8.69. The third-order valence-corrected chi connectivity index (χ3v) is 4.55. The fraction of sp³-hybridized carbons (Fsp3) is 0.300. The summed E-state index contributed by atoms with van der Waals surface area (Å²) in [5, 5.41) is 20.1. The van der Waals surface area contributed by atoms with Crippen LogP contribution in [0.15, 0.2) is 36.4 Å². The molecule has 0 bridgehead atoms. The lowest BCUT2D eigenvalue weighted by atomic mass is 10.0. The normalized spacial score (nSPS) is 12.4. The number of ether oxygens (including phenoxy) is 1. The van der Waals surface area contributed by atoms with Crippen LogP contribution in [0, 0.1) is 11.7 Å². The maximum Gasteiger partial charge on any atom is 0.255 e. The number of aromatic amines is 1. The Balaban J connectivity index is 2.10. The van der Waals surface area contributed by atoms with Gasteiger partial charge in [-0.2, -0.15) is 5.10 Å². The standard InChI is InChI=1S/C20H22FN3O3/c1-11(2)16(10-25)22-20(26)14-7-8-15-17(19(14)27-3)18(24-23-15)12-5-4-6-13(21)9-12/h4-9,11,16,25H,10H2,1-3H3,(H,22,26)(H,23,24)/t16-/m1/s1. The first kappa shape index (κ1) is 18.8. The molecule has 1 amide bonds. The lowest BCUT2D eigenvalue weighted by molar-refractivity contribution is 0.0894. The van der Waals surface area contributed by atoms with E-state index in [9.17, 15) is 14.3 Å². The highest BCUT2D eigenvalue weighted by Crippen LogP contribution is 2.36. The molecule has 0 unspecified atom stereocenters. The molecule has 0 spiro atoms. The molecule has 3 aromatic rings. The lowest BCUT2D eigenvalue weighted by Crippen LogP contribution is -2.41. The number of aliphatic hydroxyl groups is 1. The summed E-state index contributed by atoms with van der Waals surface area (Å²) in [6.45, 7) is 3.67. The summed E-state index contributed by atoms with van der Waals surface area (Å²) in [7, 11) is 1.47. The summed E-state index contributed by atoms with van der Waals surface area (Å²) < 4.78 is 19.2. The third-order valence-electron chi connectivity index (χ3n) is 4.55. The molecule has 27 heavy (non-hydrogen) atoms. The highest BCUT2D eigenvalue weighted by molar-refractivity contribution is 6.07. The monoisotopic (exact) mass is 371 g/mol. The van der Waals surface area contributed by atoms with Crippen molar-refractivity contribution in [3.8, 4) is 17.0 Å². The van der Waals surface area contributed by atoms with E-state index < -0.39 is 0 Å². The molecule has 1 atom stereocenters. The molecule has 1 aromatic heterocycles. The van der Waals surface area contributed by atoms with Crippen molar-refractivity contribution in [2.24, 2.45) is 5.92 Å². The summed E-state index contributed by atoms with van der Waals surface area (Å²) >= 11 is 0. The van der Waals surface area contributed by atoms with Gasteiger partial charge in [0.25, 0.3) is 5.91 Å². The second-order valence-corrected chi connectivity index (χ2v) is 6.66. The van der Waals surface area contributed by atoms with Gasteiger partial charge in [-0.05, 0) is 30.2 Å². The Labute approximate surface area is 156 Å². The molecule has 0 aliphatic carbocycles. The van der Waals surface area contributed by atoms with Crippen LogP contribution in [0.25, 0.3) is 22.2 Å². The number of aliphatic hydroxyl groups excluding tert-OH is 1. The van der Waals surface area contributed by atoms with Gasteiger partial charge in [-0.1, -0.05) is 26.0 Å². The van der Waals surface area contributed by atoms with Crippen LogP contribution in [0.4, 0.5) is 4.39 Å². The largest absolute Gasteiger partial charge is 0.495 e. The molecular formula is C20H22FN3O3. The van der Waals surface area contributed by atoms with Crippen molar-refractivity contribution >= 4 is 16.8 Å². The van der Waals surface area contributed by atoms with Crippen molar-refractivity contribution in [1.82, 2.24) is 15.5 Å². The number of carbonyl (C=O) groups is 1. The van der Waals surface area contributed by atoms with Crippen LogP contribution in [-0.2, 0) is 0 Å². The Morgan fingerprint density at radius 2 is 2.11 bits per heavy atom. The van der Waals surface area contributed by atoms with Gasteiger partial charge in [-0.3, -0.25) is 9.89 Å². The maximum absolute atomic E-state index is 13.7. The van der Waals surface area contributed by atoms with E-state index in [0.717, 1.165) is 0 Å². The number of H-pyrrole nitrogens is 1. The molecule has 0 saturated heterocycles. The minimum absolute atomic E-state index is 0.0745. The van der Waals surface area contributed by atoms with E-state index in [1.54, 1.807) is 24.3 Å². The molecule has 0 saturated carbocycles. The van der Waals surface area contributed by atoms with Gasteiger partial charge in [-0.25, -0.2) is 4.39 Å². The number of fused-ring (bicyclic) bond motifs is 1. The quantitative estimate of drug-likeness (QED) is 0.621. The number of nitrogens with one attached hydrogen (secondary N) is 2. The van der Waals surface area contributed by atoms with Crippen LogP contribution in [0.2, 0.25) is 0 Å². The third kappa shape index (κ3) is 3.64. The number of nitrogens with zero attached hydrogens (tertiary/aromatic N) is 1. The summed E-state index contributed by atoms with van der Waals surface area (Å²) in [5.74, 6) is -0.309. The van der Waals surface area contributed by atoms with Gasteiger partial charge in [0.1, 0.15) is 17.3 Å². The van der Waals surface area contributed by atoms with Crippen molar-refractivity contribution in [2.45, 2.75) is 19.9 Å². The first-order chi connectivity index (χ1) is 13.0. The van der Waals surface area contributed by atoms with Gasteiger partial charge in [0, 0.05) is 5.56 Å². The average molecular weight is 371 g/mol. The van der Waals surface area contributed by atoms with Crippen molar-refractivity contribution in [1.29, 1.82) is 0 Å². The van der Waals surface area contributed by atoms with Gasteiger partial charge >= 0.3 is 0 Å². The van der Waals surface area contributed by atoms with E-state index in [-0.39, 0.29) is 30.3 Å². The minimum atomic E-state index is -0.376. The summed E-state index contributed by atoms with van der Waals surface area (Å²) in [5.41, 5.74) is 2.07. The van der Waals surface area contributed by atoms with Crippen LogP contribution in [0.5, 0.6) is 5.75 Å². The smallest absolute Gasteiger partial charge is 0.255 e. The predicted molar refractivity (Wildman–Crippen MR) is 101 cm³/mol. The number of hydrogen-bond donors (Lipinski definition) is 3. The van der Waals surface area contributed by atoms with Gasteiger partial charge < -0.3 is 15.2 Å². The number of amides is 1. The molecule has 0 fully saturated rings. The Morgan fingerprint density at radius 3 is 2.74 bits per heavy atom. The first-order valence-corrected chi connectivity index (χ1v) is 8.69. The van der Waals surface area contributed by atoms with Crippen molar-refractivity contribution in [3.05, 3.63) is 47.8 Å². The topological polar surface area (TPSA) is 87.2 Å². The fourth-order valence-corrected chi connectivity index (χ4v) is 2.99. The number of halogens is 1. The minimum Gasteiger partial charge on any atom is -0.495 e. The summed E-state index contributed by atoms with van der Waals surface area (Å²) in [4.78, 5) is 12.8. The van der Waals surface area contributed by atoms with Crippen molar-refractivity contribution < 1.29 is 19.0 Å². The molecule has 2 aromatic carbocycles. The Morgan fingerprint density at radius 1 is 1.33 bits per heavy atom. The van der Waals surface area contributed by atoms with Gasteiger partial charge in [0.15, 0.2) is 0 Å². The van der Waals surface area contributed by atoms with E-state index in [0.29, 0.717) is 33.5 Å². The van der Waals surface area contributed by atoms with Gasteiger partial charge in [-0.15, -0.1) is 0 Å². The highest BCUT2D eigenvalue weighted by Gasteiger charge is 2.23. The number of methoxy groups -OCH3 is 1. The van der Waals surface area contributed by atoms with E-state index in [4.69, 9.17) is 4.74 Å². The number of benzene rings is 2. The van der Waals surface area contributed by atoms with Crippen LogP contribution in [-0.4, -0.2) is 41.0 Å². The molecule has 6 nitrogen and oxygen atoms in total. The Hall–Kier alpha value is -2.93. The number of aromatic nitrogens is 2. The average Bonchev–Trinajstić information content (AvgIpc) is 3.09. The lowest BCUT2D eigenvalue weighted by Gasteiger charge is -2.20. The SMILES string of the molecule is COc1c(C(=O)N[C@H](CO)C(C)C)ccc2[nH]nc(-c3cccc(F)c3)c12. The van der Waals surface area contributed by atoms with Crippen LogP contribution < -0.4 is 10.1 Å². The summed E-state index contributed by atoms with van der Waals surface area (Å²) in [6, 6.07) is 9.07. The molecular weight excluding hydrogens is 349 g/mol. The number of carbonyl (C=O) groups excluding carboxylic acids is 1. The maximum atomic E-state index is 13.7. The van der Waals surface area contributed by atoms with Crippen molar-refractivity contribution in [3.63, 3.8) is 0 Å². The Kier molecular flexibility index (Phi) is 5.41. The zero-order valence-electron chi connectivity index (χ0n) is 15.4. The molecule has 3 N–H and O–H groups in total. The van der Waals surface area contributed by atoms with E-state index in [1.165, 1.54) is 19.2 Å². The fourth-order valence-electron chi connectivity index (χ4n) is 2.99. The van der Waals surface area contributed by atoms with E-state index in [2.05, 4.69) is 15.5 Å². The van der Waals surface area contributed by atoms with Gasteiger partial charge in [0.2, 0.25) is 0 Å². The molecule has 0 aliphatic heterocycles. The Bertz CT molecular complexity index is 968. The van der Waals surface area contributed by atoms with E-state index in [1.807, 2.05) is 13.8 Å². The second-order valence-electron chi connectivity index (χ2n) is 6.66. The number of hydrogen-bond acceptors (Lipinski definition) is 4. The molecule has 7 heteroatoms. The highest BCUT2D eigenvalue weighted by atomic mass is 19.1. The number of rotatable bonds is 6. The molecule has 1 heterocycles. The molecule has 0 radical (unpaired) electrons. The predicted octanol–water partition coefficient (Wildman–Crippen LogP) is 3.12. The molecule has 3 rings (SSSR count). The summed E-state index contributed by atoms with van der Waals surface area (Å²) in [6.07, 6.45) is 0. The zero-order valence-corrected chi connectivity index (χ0v) is 15.4. The second kappa shape index (κ2) is 7.75. The zero-order chi connectivity index (χ0) is 19.6. The van der Waals surface area contributed by atoms with Crippen LogP contribution in [0.1, 0.15) is 24.2 Å². The van der Waals surface area contributed by atoms with Crippen LogP contribution >= 0.6 is 0 Å². The van der Waals surface area contributed by atoms with Crippen molar-refractivity contribution in [2.75, 3.05) is 13.7 Å².